The summed E-state index contributed by atoms with van der Waals surface area (Å²) < 4.78 is 18.2. The van der Waals surface area contributed by atoms with E-state index in [0.717, 1.165) is 0 Å². The minimum absolute atomic E-state index is 0.290. The van der Waals surface area contributed by atoms with Crippen molar-refractivity contribution in [3.8, 4) is 11.6 Å². The van der Waals surface area contributed by atoms with Gasteiger partial charge in [-0.2, -0.15) is 0 Å². The van der Waals surface area contributed by atoms with Crippen LogP contribution in [0.4, 0.5) is 14.9 Å². The number of anilines is 1. The van der Waals surface area contributed by atoms with Gasteiger partial charge in [0.1, 0.15) is 17.6 Å². The first-order chi connectivity index (χ1) is 10.9. The average Bonchev–Trinajstić information content (AvgIpc) is 2.51. The predicted molar refractivity (Wildman–Crippen MR) is 81.5 cm³/mol. The quantitative estimate of drug-likeness (QED) is 0.784. The molecule has 2 aromatic rings. The Morgan fingerprint density at radius 2 is 1.91 bits per heavy atom. The van der Waals surface area contributed by atoms with Gasteiger partial charge in [0, 0.05) is 6.07 Å². The molecule has 120 valence electrons. The zero-order chi connectivity index (χ0) is 16.8. The van der Waals surface area contributed by atoms with Gasteiger partial charge in [-0.25, -0.2) is 14.2 Å². The van der Waals surface area contributed by atoms with Gasteiger partial charge in [-0.1, -0.05) is 0 Å². The maximum atomic E-state index is 12.8. The van der Waals surface area contributed by atoms with E-state index in [1.165, 1.54) is 37.4 Å². The van der Waals surface area contributed by atoms with E-state index in [9.17, 15) is 14.0 Å². The second-order valence-corrected chi connectivity index (χ2v) is 4.66. The third-order valence-electron chi connectivity index (χ3n) is 2.79. The van der Waals surface area contributed by atoms with Crippen LogP contribution in [0.25, 0.3) is 0 Å². The first-order valence-corrected chi connectivity index (χ1v) is 6.70. The van der Waals surface area contributed by atoms with Crippen LogP contribution in [0.5, 0.6) is 11.6 Å². The molecule has 1 aromatic carbocycles. The molecule has 7 nitrogen and oxygen atoms in total. The minimum Gasteiger partial charge on any atom is -0.439 e. The van der Waals surface area contributed by atoms with Crippen molar-refractivity contribution in [1.82, 2.24) is 10.3 Å². The summed E-state index contributed by atoms with van der Waals surface area (Å²) in [5.41, 5.74) is 5.37. The topological polar surface area (TPSA) is 106 Å². The van der Waals surface area contributed by atoms with Crippen LogP contribution in [0.3, 0.4) is 0 Å². The van der Waals surface area contributed by atoms with Gasteiger partial charge in [0.05, 0.1) is 11.9 Å². The molecular weight excluding hydrogens is 303 g/mol. The Labute approximate surface area is 131 Å². The van der Waals surface area contributed by atoms with E-state index < -0.39 is 18.0 Å². The number of ether oxygens (including phenoxy) is 1. The lowest BCUT2D eigenvalue weighted by molar-refractivity contribution is -0.117. The van der Waals surface area contributed by atoms with E-state index in [1.54, 1.807) is 12.1 Å². The van der Waals surface area contributed by atoms with E-state index >= 15 is 0 Å². The third-order valence-corrected chi connectivity index (χ3v) is 2.79. The Morgan fingerprint density at radius 1 is 1.22 bits per heavy atom. The zero-order valence-electron chi connectivity index (χ0n) is 12.2. The highest BCUT2D eigenvalue weighted by Gasteiger charge is 2.14. The maximum absolute atomic E-state index is 12.8. The van der Waals surface area contributed by atoms with Gasteiger partial charge in [-0.05, 0) is 37.3 Å². The number of hydrogen-bond donors (Lipinski definition) is 3. The van der Waals surface area contributed by atoms with E-state index in [2.05, 4.69) is 15.6 Å². The number of hydrogen-bond acceptors (Lipinski definition) is 4. The van der Waals surface area contributed by atoms with Crippen molar-refractivity contribution >= 4 is 17.6 Å². The first kappa shape index (κ1) is 16.2. The number of benzene rings is 1. The van der Waals surface area contributed by atoms with Crippen LogP contribution in [-0.2, 0) is 4.79 Å². The molecule has 0 radical (unpaired) electrons. The van der Waals surface area contributed by atoms with Crippen LogP contribution in [0.1, 0.15) is 6.92 Å². The number of urea groups is 1. The molecule has 0 aliphatic heterocycles. The number of nitrogens with zero attached hydrogens (tertiary/aromatic N) is 1. The smallest absolute Gasteiger partial charge is 0.312 e. The van der Waals surface area contributed by atoms with E-state index in [-0.39, 0.29) is 11.7 Å². The lowest BCUT2D eigenvalue weighted by Gasteiger charge is -2.12. The molecule has 0 spiro atoms. The van der Waals surface area contributed by atoms with Crippen LogP contribution in [0.2, 0.25) is 0 Å². The molecule has 0 aliphatic rings. The van der Waals surface area contributed by atoms with Gasteiger partial charge < -0.3 is 21.1 Å². The number of halogens is 1. The summed E-state index contributed by atoms with van der Waals surface area (Å²) in [5, 5.41) is 4.83. The number of amides is 3. The number of nitrogens with one attached hydrogen (secondary N) is 2. The van der Waals surface area contributed by atoms with Crippen molar-refractivity contribution < 1.29 is 18.7 Å². The fourth-order valence-electron chi connectivity index (χ4n) is 1.67. The molecule has 0 unspecified atom stereocenters. The highest BCUT2D eigenvalue weighted by Crippen LogP contribution is 2.20. The molecule has 8 heteroatoms. The molecule has 2 rings (SSSR count). The Morgan fingerprint density at radius 3 is 2.48 bits per heavy atom. The average molecular weight is 318 g/mol. The van der Waals surface area contributed by atoms with Gasteiger partial charge in [0.15, 0.2) is 0 Å². The Kier molecular flexibility index (Phi) is 5.08. The van der Waals surface area contributed by atoms with Gasteiger partial charge >= 0.3 is 6.03 Å². The van der Waals surface area contributed by atoms with Crippen molar-refractivity contribution in [2.24, 2.45) is 5.73 Å². The molecular formula is C15H15FN4O3. The summed E-state index contributed by atoms with van der Waals surface area (Å²) in [4.78, 5) is 26.5. The van der Waals surface area contributed by atoms with Gasteiger partial charge in [0.25, 0.3) is 0 Å². The van der Waals surface area contributed by atoms with Crippen molar-refractivity contribution in [3.05, 3.63) is 48.4 Å². The summed E-state index contributed by atoms with van der Waals surface area (Å²) in [6.45, 7) is 1.50. The molecule has 0 aliphatic carbocycles. The molecule has 4 N–H and O–H groups in total. The van der Waals surface area contributed by atoms with Crippen LogP contribution < -0.4 is 21.1 Å². The molecule has 0 saturated carbocycles. The Bertz CT molecular complexity index is 689. The standard InChI is InChI=1S/C15H15FN4O3/c1-9(19-15(17)22)14(21)20-11-4-7-13(18-8-11)23-12-5-2-10(16)3-6-12/h2-9H,1H3,(H,20,21)(H3,17,19,22)/t9-/m1/s1. The summed E-state index contributed by atoms with van der Waals surface area (Å²) in [6, 6.07) is 7.07. The first-order valence-electron chi connectivity index (χ1n) is 6.70. The Balaban J connectivity index is 1.95. The number of rotatable bonds is 5. The van der Waals surface area contributed by atoms with Crippen LogP contribution in [-0.4, -0.2) is 23.0 Å². The summed E-state index contributed by atoms with van der Waals surface area (Å²) in [5.74, 6) is -0.0623. The summed E-state index contributed by atoms with van der Waals surface area (Å²) >= 11 is 0. The maximum Gasteiger partial charge on any atom is 0.312 e. The molecule has 3 amide bonds. The fraction of sp³-hybridized carbons (Fsp3) is 0.133. The summed E-state index contributed by atoms with van der Waals surface area (Å²) in [6.07, 6.45) is 1.40. The molecule has 0 fully saturated rings. The monoisotopic (exact) mass is 318 g/mol. The highest BCUT2D eigenvalue weighted by molar-refractivity contribution is 5.96. The van der Waals surface area contributed by atoms with E-state index in [0.29, 0.717) is 11.4 Å². The number of nitrogens with two attached hydrogens (primary N) is 1. The molecule has 0 saturated heterocycles. The minimum atomic E-state index is -0.783. The lowest BCUT2D eigenvalue weighted by Crippen LogP contribution is -2.44. The molecule has 1 aromatic heterocycles. The largest absolute Gasteiger partial charge is 0.439 e. The number of primary amides is 1. The normalized spacial score (nSPS) is 11.4. The van der Waals surface area contributed by atoms with Crippen LogP contribution in [0, 0.1) is 5.82 Å². The Hall–Kier alpha value is -3.16. The van der Waals surface area contributed by atoms with Crippen molar-refractivity contribution in [2.45, 2.75) is 13.0 Å². The van der Waals surface area contributed by atoms with Crippen molar-refractivity contribution in [3.63, 3.8) is 0 Å². The number of carbonyl (C=O) groups excluding carboxylic acids is 2. The molecule has 0 bridgehead atoms. The molecule has 1 heterocycles. The number of carbonyl (C=O) groups is 2. The number of pyridine rings is 1. The SMILES string of the molecule is C[C@@H](NC(N)=O)C(=O)Nc1ccc(Oc2ccc(F)cc2)nc1. The number of aromatic nitrogens is 1. The second kappa shape index (κ2) is 7.21. The zero-order valence-corrected chi connectivity index (χ0v) is 12.2. The van der Waals surface area contributed by atoms with E-state index in [4.69, 9.17) is 10.5 Å². The van der Waals surface area contributed by atoms with Gasteiger partial charge in [0.2, 0.25) is 11.8 Å². The van der Waals surface area contributed by atoms with Crippen molar-refractivity contribution in [1.29, 1.82) is 0 Å². The molecule has 1 atom stereocenters. The van der Waals surface area contributed by atoms with Crippen LogP contribution >= 0.6 is 0 Å². The lowest BCUT2D eigenvalue weighted by atomic mass is 10.3. The summed E-state index contributed by atoms with van der Waals surface area (Å²) in [7, 11) is 0. The van der Waals surface area contributed by atoms with Gasteiger partial charge in [-0.3, -0.25) is 4.79 Å². The third kappa shape index (κ3) is 4.95. The van der Waals surface area contributed by atoms with Crippen molar-refractivity contribution in [2.75, 3.05) is 5.32 Å². The predicted octanol–water partition coefficient (Wildman–Crippen LogP) is 2.01. The fourth-order valence-corrected chi connectivity index (χ4v) is 1.67. The second-order valence-electron chi connectivity index (χ2n) is 4.66. The van der Waals surface area contributed by atoms with Gasteiger partial charge in [-0.15, -0.1) is 0 Å². The molecule has 23 heavy (non-hydrogen) atoms. The van der Waals surface area contributed by atoms with E-state index in [1.807, 2.05) is 0 Å². The van der Waals surface area contributed by atoms with Crippen LogP contribution in [0.15, 0.2) is 42.6 Å². The highest BCUT2D eigenvalue weighted by atomic mass is 19.1.